The van der Waals surface area contributed by atoms with E-state index in [1.807, 2.05) is 0 Å². The van der Waals surface area contributed by atoms with E-state index in [1.165, 1.54) is 22.7 Å². The minimum Gasteiger partial charge on any atom is -0.448 e. The van der Waals surface area contributed by atoms with Crippen molar-refractivity contribution in [1.29, 1.82) is 0 Å². The van der Waals surface area contributed by atoms with Gasteiger partial charge in [-0.2, -0.15) is 0 Å². The normalized spacial score (nSPS) is 14.4. The van der Waals surface area contributed by atoms with E-state index < -0.39 is 6.09 Å². The van der Waals surface area contributed by atoms with E-state index >= 15 is 0 Å². The zero-order valence-corrected chi connectivity index (χ0v) is 12.2. The van der Waals surface area contributed by atoms with Gasteiger partial charge in [-0.15, -0.1) is 10.2 Å². The lowest BCUT2D eigenvalue weighted by Gasteiger charge is -2.10. The lowest BCUT2D eigenvalue weighted by Crippen LogP contribution is -2.33. The monoisotopic (exact) mass is 298 g/mol. The number of nitrogens with zero attached hydrogens (tertiary/aromatic N) is 3. The molecule has 0 spiro atoms. The molecule has 1 aromatic rings. The zero-order chi connectivity index (χ0) is 14.4. The number of nitrogens with one attached hydrogen (secondary N) is 1. The molecule has 0 bridgehead atoms. The Morgan fingerprint density at radius 2 is 2.30 bits per heavy atom. The Morgan fingerprint density at radius 1 is 1.45 bits per heavy atom. The summed E-state index contributed by atoms with van der Waals surface area (Å²) in [6.07, 6.45) is 3.85. The van der Waals surface area contributed by atoms with Crippen molar-refractivity contribution < 1.29 is 14.3 Å². The average molecular weight is 298 g/mol. The number of ether oxygens (including phenoxy) is 1. The highest BCUT2D eigenvalue weighted by Crippen LogP contribution is 2.17. The topological polar surface area (TPSA) is 84.4 Å². The van der Waals surface area contributed by atoms with Crippen LogP contribution >= 0.6 is 11.3 Å². The van der Waals surface area contributed by atoms with Crippen LogP contribution in [0.5, 0.6) is 0 Å². The fraction of sp³-hybridized carbons (Fsp3) is 0.667. The Balaban J connectivity index is 1.77. The van der Waals surface area contributed by atoms with Gasteiger partial charge in [0.1, 0.15) is 18.2 Å². The summed E-state index contributed by atoms with van der Waals surface area (Å²) in [5.41, 5.74) is 0. The highest BCUT2D eigenvalue weighted by atomic mass is 32.1. The van der Waals surface area contributed by atoms with Crippen molar-refractivity contribution in [2.45, 2.75) is 32.6 Å². The molecule has 0 aromatic carbocycles. The van der Waals surface area contributed by atoms with Crippen molar-refractivity contribution in [1.82, 2.24) is 15.1 Å². The molecule has 1 aliphatic heterocycles. The third kappa shape index (κ3) is 4.16. The van der Waals surface area contributed by atoms with Gasteiger partial charge in [0.2, 0.25) is 11.0 Å². The fourth-order valence-corrected chi connectivity index (χ4v) is 2.63. The molecule has 0 atom stereocenters. The number of hydrogen-bond donors (Lipinski definition) is 1. The number of aryl methyl sites for hydroxylation is 1. The van der Waals surface area contributed by atoms with Crippen molar-refractivity contribution in [2.75, 3.05) is 25.0 Å². The van der Waals surface area contributed by atoms with Crippen LogP contribution in [0.3, 0.4) is 0 Å². The molecule has 1 fully saturated rings. The largest absolute Gasteiger partial charge is 0.448 e. The van der Waals surface area contributed by atoms with Gasteiger partial charge in [-0.3, -0.25) is 15.0 Å². The van der Waals surface area contributed by atoms with Crippen molar-refractivity contribution in [3.8, 4) is 0 Å². The standard InChI is InChI=1S/C12H18N4O3S/c1-2-3-4-5-10-14-15-11(20-10)13-9(17)8-16-6-7-19-12(16)18/h2-8H2,1H3,(H,13,15,17). The van der Waals surface area contributed by atoms with E-state index in [-0.39, 0.29) is 12.5 Å². The fourth-order valence-electron chi connectivity index (χ4n) is 1.83. The van der Waals surface area contributed by atoms with E-state index in [0.29, 0.717) is 18.3 Å². The molecular formula is C12H18N4O3S. The summed E-state index contributed by atoms with van der Waals surface area (Å²) in [5.74, 6) is -0.278. The summed E-state index contributed by atoms with van der Waals surface area (Å²) in [4.78, 5) is 24.3. The third-order valence-electron chi connectivity index (χ3n) is 2.89. The summed E-state index contributed by atoms with van der Waals surface area (Å²) < 4.78 is 4.76. The molecule has 0 radical (unpaired) electrons. The number of unbranched alkanes of at least 4 members (excludes halogenated alkanes) is 2. The summed E-state index contributed by atoms with van der Waals surface area (Å²) in [7, 11) is 0. The minimum absolute atomic E-state index is 0.0103. The number of anilines is 1. The summed E-state index contributed by atoms with van der Waals surface area (Å²) >= 11 is 1.38. The van der Waals surface area contributed by atoms with Gasteiger partial charge < -0.3 is 4.74 Å². The van der Waals surface area contributed by atoms with Crippen LogP contribution in [0.15, 0.2) is 0 Å². The van der Waals surface area contributed by atoms with Crippen LogP contribution in [0.25, 0.3) is 0 Å². The quantitative estimate of drug-likeness (QED) is 0.774. The van der Waals surface area contributed by atoms with Crippen LogP contribution in [0.2, 0.25) is 0 Å². The lowest BCUT2D eigenvalue weighted by molar-refractivity contribution is -0.116. The zero-order valence-electron chi connectivity index (χ0n) is 11.4. The molecular weight excluding hydrogens is 280 g/mol. The van der Waals surface area contributed by atoms with Crippen molar-refractivity contribution >= 4 is 28.5 Å². The Kier molecular flexibility index (Phi) is 5.28. The predicted molar refractivity (Wildman–Crippen MR) is 74.7 cm³/mol. The number of cyclic esters (lactones) is 1. The second-order valence-electron chi connectivity index (χ2n) is 4.54. The number of rotatable bonds is 7. The number of amides is 2. The summed E-state index contributed by atoms with van der Waals surface area (Å²) in [5, 5.41) is 12.0. The first-order valence-corrected chi connectivity index (χ1v) is 7.54. The van der Waals surface area contributed by atoms with Gasteiger partial charge >= 0.3 is 6.09 Å². The maximum absolute atomic E-state index is 11.8. The Labute approximate surface area is 121 Å². The van der Waals surface area contributed by atoms with Gasteiger partial charge in [-0.05, 0) is 6.42 Å². The second-order valence-corrected chi connectivity index (χ2v) is 5.60. The van der Waals surface area contributed by atoms with Gasteiger partial charge in [-0.25, -0.2) is 4.79 Å². The molecule has 2 rings (SSSR count). The molecule has 110 valence electrons. The predicted octanol–water partition coefficient (Wildman–Crippen LogP) is 1.66. The van der Waals surface area contributed by atoms with E-state index in [1.54, 1.807) is 0 Å². The first-order valence-electron chi connectivity index (χ1n) is 6.73. The molecule has 0 unspecified atom stereocenters. The third-order valence-corrected chi connectivity index (χ3v) is 3.79. The first-order chi connectivity index (χ1) is 9.69. The van der Waals surface area contributed by atoms with E-state index in [0.717, 1.165) is 24.3 Å². The Morgan fingerprint density at radius 3 is 3.00 bits per heavy atom. The number of hydrogen-bond acceptors (Lipinski definition) is 6. The van der Waals surface area contributed by atoms with Crippen LogP contribution in [0.1, 0.15) is 31.2 Å². The van der Waals surface area contributed by atoms with Crippen LogP contribution in [0, 0.1) is 0 Å². The van der Waals surface area contributed by atoms with Crippen molar-refractivity contribution in [3.05, 3.63) is 5.01 Å². The number of carbonyl (C=O) groups excluding carboxylic acids is 2. The average Bonchev–Trinajstić information content (AvgIpc) is 3.00. The molecule has 1 aromatic heterocycles. The van der Waals surface area contributed by atoms with Crippen LogP contribution in [-0.2, 0) is 16.0 Å². The number of aromatic nitrogens is 2. The molecule has 1 N–H and O–H groups in total. The lowest BCUT2D eigenvalue weighted by atomic mass is 10.2. The summed E-state index contributed by atoms with van der Waals surface area (Å²) in [6, 6.07) is 0. The molecule has 8 heteroatoms. The highest BCUT2D eigenvalue weighted by molar-refractivity contribution is 7.15. The van der Waals surface area contributed by atoms with Crippen molar-refractivity contribution in [2.24, 2.45) is 0 Å². The molecule has 2 heterocycles. The maximum atomic E-state index is 11.8. The Hall–Kier alpha value is -1.70. The first kappa shape index (κ1) is 14.7. The van der Waals surface area contributed by atoms with Gasteiger partial charge in [-0.1, -0.05) is 31.1 Å². The molecule has 2 amide bonds. The van der Waals surface area contributed by atoms with Crippen LogP contribution < -0.4 is 5.32 Å². The van der Waals surface area contributed by atoms with E-state index in [2.05, 4.69) is 22.4 Å². The molecule has 1 saturated heterocycles. The molecule has 0 saturated carbocycles. The van der Waals surface area contributed by atoms with Gasteiger partial charge in [0, 0.05) is 6.42 Å². The molecule has 7 nitrogen and oxygen atoms in total. The van der Waals surface area contributed by atoms with Crippen molar-refractivity contribution in [3.63, 3.8) is 0 Å². The Bertz CT molecular complexity index is 477. The smallest absolute Gasteiger partial charge is 0.410 e. The highest BCUT2D eigenvalue weighted by Gasteiger charge is 2.24. The van der Waals surface area contributed by atoms with E-state index in [4.69, 9.17) is 4.74 Å². The molecule has 0 aliphatic carbocycles. The maximum Gasteiger partial charge on any atom is 0.410 e. The van der Waals surface area contributed by atoms with Crippen LogP contribution in [-0.4, -0.2) is 46.8 Å². The summed E-state index contributed by atoms with van der Waals surface area (Å²) in [6.45, 7) is 2.93. The molecule has 20 heavy (non-hydrogen) atoms. The van der Waals surface area contributed by atoms with E-state index in [9.17, 15) is 9.59 Å². The van der Waals surface area contributed by atoms with Gasteiger partial charge in [0.05, 0.1) is 6.54 Å². The van der Waals surface area contributed by atoms with Crippen LogP contribution in [0.4, 0.5) is 9.93 Å². The van der Waals surface area contributed by atoms with Gasteiger partial charge in [0.15, 0.2) is 0 Å². The SMILES string of the molecule is CCCCCc1nnc(NC(=O)CN2CCOC2=O)s1. The molecule has 1 aliphatic rings. The second kappa shape index (κ2) is 7.18. The van der Waals surface area contributed by atoms with Gasteiger partial charge in [0.25, 0.3) is 0 Å². The minimum atomic E-state index is -0.447. The number of carbonyl (C=O) groups is 2.